The molecule has 2 aromatic carbocycles. The fourth-order valence-electron chi connectivity index (χ4n) is 2.72. The van der Waals surface area contributed by atoms with Crippen molar-refractivity contribution >= 4 is 10.8 Å². The highest BCUT2D eigenvalue weighted by molar-refractivity contribution is 5.86. The lowest BCUT2D eigenvalue weighted by molar-refractivity contribution is 0.0660. The molecule has 0 heterocycles. The molecule has 0 aliphatic carbocycles. The molecule has 2 nitrogen and oxygen atoms in total. The van der Waals surface area contributed by atoms with Crippen molar-refractivity contribution in [2.75, 3.05) is 13.7 Å². The second-order valence-electron chi connectivity index (χ2n) is 4.79. The minimum absolute atomic E-state index is 0.200. The lowest BCUT2D eigenvalue weighted by Gasteiger charge is -2.27. The highest BCUT2D eigenvalue weighted by Gasteiger charge is 2.22. The predicted molar refractivity (Wildman–Crippen MR) is 81.5 cm³/mol. The largest absolute Gasteiger partial charge is 0.379 e. The molecule has 0 fully saturated rings. The van der Waals surface area contributed by atoms with Crippen LogP contribution in [0.1, 0.15) is 31.9 Å². The van der Waals surface area contributed by atoms with Crippen LogP contribution in [0.2, 0.25) is 0 Å². The average molecular weight is 257 g/mol. The average Bonchev–Trinajstić information content (AvgIpc) is 2.47. The fraction of sp³-hybridized carbons (Fsp3) is 0.412. The molecule has 102 valence electrons. The van der Waals surface area contributed by atoms with Crippen LogP contribution in [0.5, 0.6) is 0 Å². The Bertz CT molecular complexity index is 514. The van der Waals surface area contributed by atoms with Crippen LogP contribution in [0.15, 0.2) is 42.5 Å². The van der Waals surface area contributed by atoms with Gasteiger partial charge in [-0.25, -0.2) is 0 Å². The van der Waals surface area contributed by atoms with Crippen molar-refractivity contribution in [3.8, 4) is 0 Å². The Balaban J connectivity index is 2.49. The van der Waals surface area contributed by atoms with Gasteiger partial charge >= 0.3 is 0 Å². The van der Waals surface area contributed by atoms with Crippen molar-refractivity contribution in [2.24, 2.45) is 0 Å². The Morgan fingerprint density at radius 2 is 1.79 bits per heavy atom. The Kier molecular flexibility index (Phi) is 4.94. The minimum atomic E-state index is 0.200. The van der Waals surface area contributed by atoms with Gasteiger partial charge in [0.05, 0.1) is 12.1 Å². The zero-order valence-corrected chi connectivity index (χ0v) is 12.0. The third-order valence-electron chi connectivity index (χ3n) is 3.66. The van der Waals surface area contributed by atoms with E-state index in [0.29, 0.717) is 0 Å². The first-order chi connectivity index (χ1) is 9.31. The number of likely N-dealkylation sites (N-methyl/N-ethyl adjacent to an activating group) is 1. The van der Waals surface area contributed by atoms with Gasteiger partial charge in [-0.3, -0.25) is 0 Å². The van der Waals surface area contributed by atoms with Crippen molar-refractivity contribution < 1.29 is 4.74 Å². The molecule has 0 radical (unpaired) electrons. The van der Waals surface area contributed by atoms with Gasteiger partial charge in [-0.1, -0.05) is 56.3 Å². The lowest BCUT2D eigenvalue weighted by Crippen LogP contribution is -2.33. The van der Waals surface area contributed by atoms with Crippen molar-refractivity contribution in [1.82, 2.24) is 5.32 Å². The van der Waals surface area contributed by atoms with Crippen LogP contribution >= 0.6 is 0 Å². The standard InChI is InChI=1S/C17H23NO/c1-4-16(19-3)17(18-5-2)15-12-8-10-13-9-6-7-11-14(13)15/h6-12,16-18H,4-5H2,1-3H3. The molecule has 2 unspecified atom stereocenters. The van der Waals surface area contributed by atoms with Crippen LogP contribution in [0.25, 0.3) is 10.8 Å². The first-order valence-corrected chi connectivity index (χ1v) is 7.05. The van der Waals surface area contributed by atoms with E-state index in [1.165, 1.54) is 16.3 Å². The minimum Gasteiger partial charge on any atom is -0.379 e. The number of methoxy groups -OCH3 is 1. The molecule has 0 aliphatic rings. The summed E-state index contributed by atoms with van der Waals surface area (Å²) in [6.45, 7) is 5.25. The molecule has 2 aromatic rings. The SMILES string of the molecule is CCNC(c1cccc2ccccc12)C(CC)OC. The van der Waals surface area contributed by atoms with Crippen LogP contribution in [0, 0.1) is 0 Å². The molecule has 19 heavy (non-hydrogen) atoms. The molecule has 0 aliphatic heterocycles. The van der Waals surface area contributed by atoms with Gasteiger partial charge in [0.15, 0.2) is 0 Å². The molecule has 0 saturated heterocycles. The summed E-state index contributed by atoms with van der Waals surface area (Å²) >= 11 is 0. The molecule has 2 rings (SSSR count). The summed E-state index contributed by atoms with van der Waals surface area (Å²) < 4.78 is 5.65. The lowest BCUT2D eigenvalue weighted by atomic mass is 9.94. The zero-order chi connectivity index (χ0) is 13.7. The third kappa shape index (κ3) is 2.96. The molecule has 0 bridgehead atoms. The van der Waals surface area contributed by atoms with Gasteiger partial charge in [-0.2, -0.15) is 0 Å². The number of hydrogen-bond donors (Lipinski definition) is 1. The van der Waals surface area contributed by atoms with Crippen molar-refractivity contribution in [2.45, 2.75) is 32.4 Å². The highest BCUT2D eigenvalue weighted by atomic mass is 16.5. The summed E-state index contributed by atoms with van der Waals surface area (Å²) in [7, 11) is 1.80. The van der Waals surface area contributed by atoms with Crippen LogP contribution in [-0.2, 0) is 4.74 Å². The quantitative estimate of drug-likeness (QED) is 0.847. The summed E-state index contributed by atoms with van der Waals surface area (Å²) in [4.78, 5) is 0. The number of rotatable bonds is 6. The number of fused-ring (bicyclic) bond motifs is 1. The van der Waals surface area contributed by atoms with E-state index in [9.17, 15) is 0 Å². The maximum Gasteiger partial charge on any atom is 0.0763 e. The van der Waals surface area contributed by atoms with Crippen LogP contribution < -0.4 is 5.32 Å². The van der Waals surface area contributed by atoms with Crippen LogP contribution in [0.3, 0.4) is 0 Å². The normalized spacial score (nSPS) is 14.5. The summed E-state index contributed by atoms with van der Waals surface area (Å²) in [6.07, 6.45) is 1.20. The summed E-state index contributed by atoms with van der Waals surface area (Å²) in [5.74, 6) is 0. The number of nitrogens with one attached hydrogen (secondary N) is 1. The highest BCUT2D eigenvalue weighted by Crippen LogP contribution is 2.28. The van der Waals surface area contributed by atoms with E-state index in [2.05, 4.69) is 61.6 Å². The Labute approximate surface area is 115 Å². The molecular weight excluding hydrogens is 234 g/mol. The first-order valence-electron chi connectivity index (χ1n) is 7.05. The number of benzene rings is 2. The predicted octanol–water partition coefficient (Wildman–Crippen LogP) is 3.92. The number of hydrogen-bond acceptors (Lipinski definition) is 2. The van der Waals surface area contributed by atoms with Crippen LogP contribution in [-0.4, -0.2) is 19.8 Å². The second kappa shape index (κ2) is 6.69. The molecule has 0 amide bonds. The topological polar surface area (TPSA) is 21.3 Å². The Morgan fingerprint density at radius 3 is 2.47 bits per heavy atom. The molecule has 0 saturated carbocycles. The summed E-state index contributed by atoms with van der Waals surface area (Å²) in [5, 5.41) is 6.17. The van der Waals surface area contributed by atoms with E-state index >= 15 is 0 Å². The van der Waals surface area contributed by atoms with Crippen LogP contribution in [0.4, 0.5) is 0 Å². The second-order valence-corrected chi connectivity index (χ2v) is 4.79. The van der Waals surface area contributed by atoms with Gasteiger partial charge in [0.2, 0.25) is 0 Å². The van der Waals surface area contributed by atoms with Gasteiger partial charge in [0.25, 0.3) is 0 Å². The fourth-order valence-corrected chi connectivity index (χ4v) is 2.72. The van der Waals surface area contributed by atoms with E-state index < -0.39 is 0 Å². The van der Waals surface area contributed by atoms with E-state index in [1.54, 1.807) is 7.11 Å². The summed E-state index contributed by atoms with van der Waals surface area (Å²) in [5.41, 5.74) is 1.33. The molecular formula is C17H23NO. The molecule has 2 heteroatoms. The Hall–Kier alpha value is -1.38. The van der Waals surface area contributed by atoms with Crippen molar-refractivity contribution in [3.63, 3.8) is 0 Å². The third-order valence-corrected chi connectivity index (χ3v) is 3.66. The Morgan fingerprint density at radius 1 is 1.05 bits per heavy atom. The van der Waals surface area contributed by atoms with Crippen molar-refractivity contribution in [3.05, 3.63) is 48.0 Å². The van der Waals surface area contributed by atoms with Gasteiger partial charge in [-0.05, 0) is 29.3 Å². The van der Waals surface area contributed by atoms with Gasteiger partial charge in [0.1, 0.15) is 0 Å². The van der Waals surface area contributed by atoms with Gasteiger partial charge < -0.3 is 10.1 Å². The smallest absolute Gasteiger partial charge is 0.0763 e. The summed E-state index contributed by atoms with van der Waals surface area (Å²) in [6, 6.07) is 15.3. The van der Waals surface area contributed by atoms with E-state index in [4.69, 9.17) is 4.74 Å². The van der Waals surface area contributed by atoms with E-state index in [1.807, 2.05) is 0 Å². The van der Waals surface area contributed by atoms with E-state index in [-0.39, 0.29) is 12.1 Å². The monoisotopic (exact) mass is 257 g/mol. The first kappa shape index (κ1) is 14.0. The maximum absolute atomic E-state index is 5.65. The molecule has 2 atom stereocenters. The van der Waals surface area contributed by atoms with Gasteiger partial charge in [0, 0.05) is 7.11 Å². The van der Waals surface area contributed by atoms with E-state index in [0.717, 1.165) is 13.0 Å². The number of ether oxygens (including phenoxy) is 1. The van der Waals surface area contributed by atoms with Crippen molar-refractivity contribution in [1.29, 1.82) is 0 Å². The van der Waals surface area contributed by atoms with Gasteiger partial charge in [-0.15, -0.1) is 0 Å². The zero-order valence-electron chi connectivity index (χ0n) is 12.0. The molecule has 0 spiro atoms. The maximum atomic E-state index is 5.65. The molecule has 1 N–H and O–H groups in total. The molecule has 0 aromatic heterocycles.